The van der Waals surface area contributed by atoms with Crippen molar-refractivity contribution < 1.29 is 19.0 Å². The molecule has 2 N–H and O–H groups in total. The number of benzene rings is 1. The maximum absolute atomic E-state index is 13.3. The lowest BCUT2D eigenvalue weighted by atomic mass is 9.97. The van der Waals surface area contributed by atoms with Crippen molar-refractivity contribution >= 4 is 5.91 Å². The molecule has 0 aromatic heterocycles. The lowest BCUT2D eigenvalue weighted by molar-refractivity contribution is -0.122. The monoisotopic (exact) mass is 283 g/mol. The van der Waals surface area contributed by atoms with Crippen molar-refractivity contribution in [3.05, 3.63) is 30.1 Å². The van der Waals surface area contributed by atoms with E-state index < -0.39 is 11.4 Å². The first-order chi connectivity index (χ1) is 9.50. The van der Waals surface area contributed by atoms with Crippen molar-refractivity contribution in [2.24, 2.45) is 0 Å². The first-order valence-corrected chi connectivity index (χ1v) is 6.87. The van der Waals surface area contributed by atoms with Gasteiger partial charge in [0.05, 0.1) is 18.6 Å². The molecule has 0 saturated carbocycles. The van der Waals surface area contributed by atoms with E-state index in [1.807, 2.05) is 13.8 Å². The molecule has 0 aliphatic heterocycles. The fraction of sp³-hybridized carbons (Fsp3) is 0.533. The smallest absolute Gasteiger partial charge is 0.223 e. The largest absolute Gasteiger partial charge is 0.490 e. The molecule has 0 saturated heterocycles. The Bertz CT molecular complexity index is 433. The Kier molecular flexibility index (Phi) is 6.45. The summed E-state index contributed by atoms with van der Waals surface area (Å²) in [5.41, 5.74) is -0.859. The number of aliphatic hydroxyl groups is 1. The number of nitrogens with one attached hydrogen (secondary N) is 1. The highest BCUT2D eigenvalue weighted by Gasteiger charge is 2.22. The molecule has 5 heteroatoms. The van der Waals surface area contributed by atoms with Crippen LogP contribution >= 0.6 is 0 Å². The second-order valence-electron chi connectivity index (χ2n) is 4.74. The molecular formula is C15H22FNO3. The van der Waals surface area contributed by atoms with Gasteiger partial charge in [0.1, 0.15) is 0 Å². The predicted octanol–water partition coefficient (Wildman–Crippen LogP) is 2.26. The van der Waals surface area contributed by atoms with Gasteiger partial charge in [0.2, 0.25) is 5.91 Å². The highest BCUT2D eigenvalue weighted by Crippen LogP contribution is 2.15. The minimum Gasteiger partial charge on any atom is -0.490 e. The molecule has 0 aliphatic rings. The summed E-state index contributed by atoms with van der Waals surface area (Å²) in [4.78, 5) is 11.6. The lowest BCUT2D eigenvalue weighted by Gasteiger charge is -2.25. The quantitative estimate of drug-likeness (QED) is 0.769. The number of para-hydroxylation sites is 1. The Morgan fingerprint density at radius 3 is 2.60 bits per heavy atom. The molecule has 0 atom stereocenters. The number of rotatable bonds is 8. The summed E-state index contributed by atoms with van der Waals surface area (Å²) in [6, 6.07) is 6.06. The Balaban J connectivity index is 2.29. The van der Waals surface area contributed by atoms with Gasteiger partial charge in [-0.25, -0.2) is 4.39 Å². The Morgan fingerprint density at radius 2 is 2.00 bits per heavy atom. The maximum atomic E-state index is 13.3. The van der Waals surface area contributed by atoms with Crippen LogP contribution in [0.3, 0.4) is 0 Å². The zero-order valence-electron chi connectivity index (χ0n) is 12.0. The average Bonchev–Trinajstić information content (AvgIpc) is 2.47. The van der Waals surface area contributed by atoms with E-state index in [1.165, 1.54) is 12.1 Å². The second kappa shape index (κ2) is 7.85. The van der Waals surface area contributed by atoms with Crippen molar-refractivity contribution in [1.29, 1.82) is 0 Å². The standard InChI is InChI=1S/C15H22FNO3/c1-3-15(19,4-2)11-17-14(18)9-10-20-13-8-6-5-7-12(13)16/h5-8,19H,3-4,9-11H2,1-2H3,(H,17,18). The Morgan fingerprint density at radius 1 is 1.35 bits per heavy atom. The fourth-order valence-corrected chi connectivity index (χ4v) is 1.67. The highest BCUT2D eigenvalue weighted by atomic mass is 19.1. The van der Waals surface area contributed by atoms with E-state index in [-0.39, 0.29) is 31.2 Å². The second-order valence-corrected chi connectivity index (χ2v) is 4.74. The van der Waals surface area contributed by atoms with Crippen LogP contribution < -0.4 is 10.1 Å². The summed E-state index contributed by atoms with van der Waals surface area (Å²) in [5.74, 6) is -0.528. The van der Waals surface area contributed by atoms with Crippen LogP contribution in [0, 0.1) is 5.82 Å². The number of amides is 1. The zero-order chi connectivity index (χ0) is 15.0. The molecule has 1 rings (SSSR count). The van der Waals surface area contributed by atoms with E-state index in [0.29, 0.717) is 12.8 Å². The Hall–Kier alpha value is -1.62. The Labute approximate surface area is 119 Å². The van der Waals surface area contributed by atoms with E-state index in [4.69, 9.17) is 4.74 Å². The predicted molar refractivity (Wildman–Crippen MR) is 75.1 cm³/mol. The van der Waals surface area contributed by atoms with Gasteiger partial charge in [-0.15, -0.1) is 0 Å². The number of hydrogen-bond acceptors (Lipinski definition) is 3. The number of carbonyl (C=O) groups excluding carboxylic acids is 1. The van der Waals surface area contributed by atoms with E-state index in [0.717, 1.165) is 0 Å². The molecule has 0 aliphatic carbocycles. The van der Waals surface area contributed by atoms with Gasteiger partial charge in [-0.05, 0) is 25.0 Å². The van der Waals surface area contributed by atoms with Crippen molar-refractivity contribution in [1.82, 2.24) is 5.32 Å². The summed E-state index contributed by atoms with van der Waals surface area (Å²) in [6.45, 7) is 4.07. The van der Waals surface area contributed by atoms with Crippen LogP contribution in [-0.4, -0.2) is 29.8 Å². The van der Waals surface area contributed by atoms with Crippen molar-refractivity contribution in [2.75, 3.05) is 13.2 Å². The van der Waals surface area contributed by atoms with Crippen LogP contribution in [0.25, 0.3) is 0 Å². The molecule has 112 valence electrons. The number of carbonyl (C=O) groups is 1. The normalized spacial score (nSPS) is 11.2. The summed E-state index contributed by atoms with van der Waals surface area (Å²) in [6.07, 6.45) is 1.28. The molecular weight excluding hydrogens is 261 g/mol. The van der Waals surface area contributed by atoms with Crippen molar-refractivity contribution in [3.8, 4) is 5.75 Å². The molecule has 0 heterocycles. The van der Waals surface area contributed by atoms with Gasteiger partial charge < -0.3 is 15.2 Å². The van der Waals surface area contributed by atoms with Crippen LogP contribution in [0.15, 0.2) is 24.3 Å². The van der Waals surface area contributed by atoms with Gasteiger partial charge >= 0.3 is 0 Å². The maximum Gasteiger partial charge on any atom is 0.223 e. The summed E-state index contributed by atoms with van der Waals surface area (Å²) < 4.78 is 18.4. The third kappa shape index (κ3) is 5.17. The number of halogens is 1. The van der Waals surface area contributed by atoms with Crippen LogP contribution in [0.2, 0.25) is 0 Å². The van der Waals surface area contributed by atoms with Crippen LogP contribution in [-0.2, 0) is 4.79 Å². The molecule has 20 heavy (non-hydrogen) atoms. The van der Waals surface area contributed by atoms with Gasteiger partial charge in [-0.2, -0.15) is 0 Å². The number of hydrogen-bond donors (Lipinski definition) is 2. The minimum atomic E-state index is -0.859. The molecule has 1 amide bonds. The number of ether oxygens (including phenoxy) is 1. The van der Waals surface area contributed by atoms with Gasteiger partial charge in [0, 0.05) is 6.54 Å². The first kappa shape index (κ1) is 16.4. The third-order valence-electron chi connectivity index (χ3n) is 3.35. The van der Waals surface area contributed by atoms with Gasteiger partial charge in [-0.1, -0.05) is 26.0 Å². The molecule has 4 nitrogen and oxygen atoms in total. The first-order valence-electron chi connectivity index (χ1n) is 6.87. The molecule has 0 spiro atoms. The fourth-order valence-electron chi connectivity index (χ4n) is 1.67. The van der Waals surface area contributed by atoms with Gasteiger partial charge in [-0.3, -0.25) is 4.79 Å². The highest BCUT2D eigenvalue weighted by molar-refractivity contribution is 5.76. The van der Waals surface area contributed by atoms with E-state index in [2.05, 4.69) is 5.32 Å². The molecule has 1 aromatic carbocycles. The SMILES string of the molecule is CCC(O)(CC)CNC(=O)CCOc1ccccc1F. The van der Waals surface area contributed by atoms with E-state index >= 15 is 0 Å². The minimum absolute atomic E-state index is 0.101. The van der Waals surface area contributed by atoms with Crippen LogP contribution in [0.5, 0.6) is 5.75 Å². The molecule has 0 bridgehead atoms. The summed E-state index contributed by atoms with van der Waals surface area (Å²) >= 11 is 0. The zero-order valence-corrected chi connectivity index (χ0v) is 12.0. The molecule has 1 aromatic rings. The third-order valence-corrected chi connectivity index (χ3v) is 3.35. The molecule has 0 radical (unpaired) electrons. The lowest BCUT2D eigenvalue weighted by Crippen LogP contribution is -2.42. The summed E-state index contributed by atoms with van der Waals surface area (Å²) in [7, 11) is 0. The molecule has 0 unspecified atom stereocenters. The van der Waals surface area contributed by atoms with E-state index in [1.54, 1.807) is 12.1 Å². The van der Waals surface area contributed by atoms with Crippen LogP contribution in [0.1, 0.15) is 33.1 Å². The topological polar surface area (TPSA) is 58.6 Å². The van der Waals surface area contributed by atoms with E-state index in [9.17, 15) is 14.3 Å². The molecule has 0 fully saturated rings. The van der Waals surface area contributed by atoms with Crippen molar-refractivity contribution in [2.45, 2.75) is 38.7 Å². The van der Waals surface area contributed by atoms with Crippen molar-refractivity contribution in [3.63, 3.8) is 0 Å². The van der Waals surface area contributed by atoms with Gasteiger partial charge in [0.25, 0.3) is 0 Å². The van der Waals surface area contributed by atoms with Gasteiger partial charge in [0.15, 0.2) is 11.6 Å². The summed E-state index contributed by atoms with van der Waals surface area (Å²) in [5, 5.41) is 12.7. The van der Waals surface area contributed by atoms with Crippen LogP contribution in [0.4, 0.5) is 4.39 Å². The average molecular weight is 283 g/mol.